The Morgan fingerprint density at radius 2 is 1.59 bits per heavy atom. The lowest BCUT2D eigenvalue weighted by Crippen LogP contribution is -2.50. The third-order valence-electron chi connectivity index (χ3n) is 6.25. The molecule has 1 aliphatic rings. The molecule has 0 spiro atoms. The second-order valence-corrected chi connectivity index (χ2v) is 8.22. The molecule has 0 unspecified atom stereocenters. The fraction of sp³-hybridized carbons (Fsp3) is 0.185. The number of ether oxygens (including phenoxy) is 1. The first kappa shape index (κ1) is 21.7. The Morgan fingerprint density at radius 1 is 0.882 bits per heavy atom. The summed E-state index contributed by atoms with van der Waals surface area (Å²) in [5, 5.41) is 0. The van der Waals surface area contributed by atoms with Crippen LogP contribution in [0.4, 0.5) is 10.1 Å². The average Bonchev–Trinajstić information content (AvgIpc) is 3.28. The number of Topliss-reactive ketones (excluding diaryl/α,β-unsaturated/α-hetero) is 1. The highest BCUT2D eigenvalue weighted by Crippen LogP contribution is 2.29. The molecular weight excluding hydrogens is 433 g/mol. The fourth-order valence-corrected chi connectivity index (χ4v) is 4.41. The molecule has 4 aromatic rings. The number of nitrogens with zero attached hydrogens (tertiary/aromatic N) is 3. The van der Waals surface area contributed by atoms with E-state index in [1.54, 1.807) is 34.7 Å². The molecule has 34 heavy (non-hydrogen) atoms. The zero-order valence-corrected chi connectivity index (χ0v) is 18.8. The largest absolute Gasteiger partial charge is 0.497 e. The highest BCUT2D eigenvalue weighted by Gasteiger charge is 2.30. The molecule has 1 aliphatic heterocycles. The molecule has 172 valence electrons. The number of anilines is 1. The van der Waals surface area contributed by atoms with Crippen molar-refractivity contribution in [3.8, 4) is 16.9 Å². The average molecular weight is 458 g/mol. The Morgan fingerprint density at radius 3 is 2.26 bits per heavy atom. The van der Waals surface area contributed by atoms with Gasteiger partial charge in [-0.15, -0.1) is 0 Å². The number of piperazine rings is 1. The fourth-order valence-electron chi connectivity index (χ4n) is 4.41. The normalized spacial score (nSPS) is 13.8. The first-order valence-electron chi connectivity index (χ1n) is 11.1. The third-order valence-corrected chi connectivity index (χ3v) is 6.25. The predicted molar refractivity (Wildman–Crippen MR) is 129 cm³/mol. The number of amides is 1. The van der Waals surface area contributed by atoms with Crippen LogP contribution in [-0.4, -0.2) is 54.3 Å². The molecule has 3 heterocycles. The van der Waals surface area contributed by atoms with Crippen LogP contribution < -0.4 is 9.64 Å². The van der Waals surface area contributed by atoms with Crippen LogP contribution in [0.25, 0.3) is 16.6 Å². The van der Waals surface area contributed by atoms with Crippen molar-refractivity contribution in [2.24, 2.45) is 0 Å². The van der Waals surface area contributed by atoms with Crippen molar-refractivity contribution >= 4 is 22.9 Å². The molecule has 6 nitrogen and oxygen atoms in total. The van der Waals surface area contributed by atoms with Gasteiger partial charge in [0.05, 0.1) is 7.11 Å². The van der Waals surface area contributed by atoms with Gasteiger partial charge in [0.1, 0.15) is 17.3 Å². The van der Waals surface area contributed by atoms with Crippen LogP contribution in [0.5, 0.6) is 5.75 Å². The number of methoxy groups -OCH3 is 1. The summed E-state index contributed by atoms with van der Waals surface area (Å²) in [5.74, 6) is -0.657. The van der Waals surface area contributed by atoms with Gasteiger partial charge in [-0.05, 0) is 60.2 Å². The maximum Gasteiger partial charge on any atom is 0.296 e. The highest BCUT2D eigenvalue weighted by molar-refractivity contribution is 6.43. The van der Waals surface area contributed by atoms with Gasteiger partial charge in [-0.25, -0.2) is 4.39 Å². The van der Waals surface area contributed by atoms with Crippen LogP contribution >= 0.6 is 0 Å². The van der Waals surface area contributed by atoms with Crippen LogP contribution in [0.2, 0.25) is 0 Å². The van der Waals surface area contributed by atoms with Crippen LogP contribution in [0, 0.1) is 5.82 Å². The van der Waals surface area contributed by atoms with Gasteiger partial charge in [-0.1, -0.05) is 18.2 Å². The number of hydrogen-bond acceptors (Lipinski definition) is 4. The predicted octanol–water partition coefficient (Wildman–Crippen LogP) is 4.29. The summed E-state index contributed by atoms with van der Waals surface area (Å²) in [6.45, 7) is 2.16. The van der Waals surface area contributed by atoms with Gasteiger partial charge in [0.2, 0.25) is 0 Å². The number of carbonyl (C=O) groups excluding carboxylic acids is 2. The first-order chi connectivity index (χ1) is 16.5. The van der Waals surface area contributed by atoms with Crippen LogP contribution in [0.3, 0.4) is 0 Å². The summed E-state index contributed by atoms with van der Waals surface area (Å²) in [5.41, 5.74) is 3.44. The zero-order chi connectivity index (χ0) is 23.7. The van der Waals surface area contributed by atoms with E-state index in [2.05, 4.69) is 4.90 Å². The quantitative estimate of drug-likeness (QED) is 0.332. The Bertz CT molecular complexity index is 1340. The lowest BCUT2D eigenvalue weighted by molar-refractivity contribution is -0.126. The van der Waals surface area contributed by atoms with E-state index in [-0.39, 0.29) is 5.82 Å². The van der Waals surface area contributed by atoms with Gasteiger partial charge >= 0.3 is 0 Å². The number of pyridine rings is 1. The van der Waals surface area contributed by atoms with Crippen LogP contribution in [-0.2, 0) is 4.79 Å². The number of halogens is 1. The van der Waals surface area contributed by atoms with Crippen molar-refractivity contribution in [3.63, 3.8) is 0 Å². The Balaban J connectivity index is 1.38. The maximum atomic E-state index is 13.5. The second kappa shape index (κ2) is 9.02. The molecule has 0 saturated carbocycles. The van der Waals surface area contributed by atoms with Crippen molar-refractivity contribution in [2.75, 3.05) is 38.2 Å². The van der Waals surface area contributed by atoms with Crippen LogP contribution in [0.15, 0.2) is 79.0 Å². The summed E-state index contributed by atoms with van der Waals surface area (Å²) in [6.07, 6.45) is 1.77. The molecule has 1 fully saturated rings. The summed E-state index contributed by atoms with van der Waals surface area (Å²) in [7, 11) is 1.63. The Labute approximate surface area is 196 Å². The van der Waals surface area contributed by atoms with E-state index < -0.39 is 11.7 Å². The molecule has 1 amide bonds. The van der Waals surface area contributed by atoms with Gasteiger partial charge in [0.15, 0.2) is 0 Å². The molecule has 0 atom stereocenters. The number of hydrogen-bond donors (Lipinski definition) is 0. The summed E-state index contributed by atoms with van der Waals surface area (Å²) in [4.78, 5) is 30.6. The number of fused-ring (bicyclic) bond motifs is 1. The minimum absolute atomic E-state index is 0.296. The van der Waals surface area contributed by atoms with Crippen molar-refractivity contribution in [2.45, 2.75) is 0 Å². The maximum absolute atomic E-state index is 13.5. The number of carbonyl (C=O) groups is 2. The zero-order valence-electron chi connectivity index (χ0n) is 18.8. The standard InChI is InChI=1S/C27H24FN3O3/c1-34-23-11-9-21(10-12-23)29-14-16-30(17-15-29)27(33)26(32)25-24(19-5-7-20(28)8-6-19)18-22-4-2-3-13-31(22)25/h2-13,18H,14-17H2,1H3. The van der Waals surface area contributed by atoms with Gasteiger partial charge in [0.25, 0.3) is 11.7 Å². The molecule has 2 aromatic carbocycles. The topological polar surface area (TPSA) is 54.3 Å². The SMILES string of the molecule is COc1ccc(N2CCN(C(=O)C(=O)c3c(-c4ccc(F)cc4)cc4ccccn34)CC2)cc1. The molecule has 0 radical (unpaired) electrons. The van der Waals surface area contributed by atoms with E-state index in [1.165, 1.54) is 12.1 Å². The first-order valence-corrected chi connectivity index (χ1v) is 11.1. The van der Waals surface area contributed by atoms with Gasteiger partial charge in [-0.3, -0.25) is 9.59 Å². The lowest BCUT2D eigenvalue weighted by atomic mass is 10.0. The monoisotopic (exact) mass is 457 g/mol. The summed E-state index contributed by atoms with van der Waals surface area (Å²) < 4.78 is 20.4. The van der Waals surface area contributed by atoms with Crippen LogP contribution in [0.1, 0.15) is 10.5 Å². The van der Waals surface area contributed by atoms with Gasteiger partial charge in [-0.2, -0.15) is 0 Å². The van der Waals surface area contributed by atoms with E-state index >= 15 is 0 Å². The van der Waals surface area contributed by atoms with Crippen molar-refractivity contribution < 1.29 is 18.7 Å². The molecule has 2 aromatic heterocycles. The van der Waals surface area contributed by atoms with E-state index in [4.69, 9.17) is 4.74 Å². The number of rotatable bonds is 5. The molecule has 7 heteroatoms. The highest BCUT2D eigenvalue weighted by atomic mass is 19.1. The molecule has 0 aliphatic carbocycles. The van der Waals surface area contributed by atoms with E-state index in [0.717, 1.165) is 17.0 Å². The molecule has 5 rings (SSSR count). The van der Waals surface area contributed by atoms with Gasteiger partial charge in [0, 0.05) is 49.1 Å². The Hall–Kier alpha value is -4.13. The van der Waals surface area contributed by atoms with E-state index in [9.17, 15) is 14.0 Å². The van der Waals surface area contributed by atoms with Gasteiger partial charge < -0.3 is 18.9 Å². The summed E-state index contributed by atoms with van der Waals surface area (Å²) in [6, 6.07) is 21.2. The molecular formula is C27H24FN3O3. The molecule has 0 bridgehead atoms. The third kappa shape index (κ3) is 4.01. The number of ketones is 1. The van der Waals surface area contributed by atoms with Crippen molar-refractivity contribution in [1.82, 2.24) is 9.30 Å². The summed E-state index contributed by atoms with van der Waals surface area (Å²) >= 11 is 0. The molecule has 1 saturated heterocycles. The molecule has 0 N–H and O–H groups in total. The second-order valence-electron chi connectivity index (χ2n) is 8.22. The minimum Gasteiger partial charge on any atom is -0.497 e. The minimum atomic E-state index is -0.566. The van der Waals surface area contributed by atoms with Crippen molar-refractivity contribution in [3.05, 3.63) is 90.5 Å². The van der Waals surface area contributed by atoms with E-state index in [0.29, 0.717) is 43.0 Å². The Kier molecular flexibility index (Phi) is 5.76. The number of aromatic nitrogens is 1. The lowest BCUT2D eigenvalue weighted by Gasteiger charge is -2.35. The van der Waals surface area contributed by atoms with E-state index in [1.807, 2.05) is 48.5 Å². The number of benzene rings is 2. The smallest absolute Gasteiger partial charge is 0.296 e. The van der Waals surface area contributed by atoms with Crippen molar-refractivity contribution in [1.29, 1.82) is 0 Å².